The molecule has 4 N–H and O–H groups in total. The van der Waals surface area contributed by atoms with Crippen molar-refractivity contribution in [3.05, 3.63) is 0 Å². The molecular formula is C16H30N4O3. The van der Waals surface area contributed by atoms with Crippen molar-refractivity contribution in [2.24, 2.45) is 5.92 Å². The van der Waals surface area contributed by atoms with Gasteiger partial charge in [-0.2, -0.15) is 0 Å². The van der Waals surface area contributed by atoms with E-state index in [-0.39, 0.29) is 23.4 Å². The number of aliphatic hydroxyl groups is 1. The van der Waals surface area contributed by atoms with Crippen molar-refractivity contribution in [2.45, 2.75) is 57.3 Å². The third-order valence-electron chi connectivity index (χ3n) is 4.99. The van der Waals surface area contributed by atoms with Crippen molar-refractivity contribution in [1.82, 2.24) is 20.9 Å². The second-order valence-electron chi connectivity index (χ2n) is 7.19. The van der Waals surface area contributed by atoms with E-state index in [9.17, 15) is 14.7 Å². The molecule has 7 nitrogen and oxygen atoms in total. The van der Waals surface area contributed by atoms with Gasteiger partial charge in [-0.15, -0.1) is 0 Å². The first-order valence-electron chi connectivity index (χ1n) is 8.50. The molecule has 0 bridgehead atoms. The molecule has 0 radical (unpaired) electrons. The Labute approximate surface area is 138 Å². The minimum Gasteiger partial charge on any atom is -0.391 e. The number of nitrogens with one attached hydrogen (secondary N) is 3. The molecule has 0 aromatic carbocycles. The Hall–Kier alpha value is -1.18. The van der Waals surface area contributed by atoms with E-state index in [1.54, 1.807) is 14.0 Å². The predicted molar refractivity (Wildman–Crippen MR) is 87.8 cm³/mol. The molecule has 0 aromatic heterocycles. The van der Waals surface area contributed by atoms with Gasteiger partial charge >= 0.3 is 0 Å². The number of hydrogen-bond acceptors (Lipinski definition) is 5. The molecule has 2 saturated heterocycles. The van der Waals surface area contributed by atoms with Crippen LogP contribution in [0, 0.1) is 5.92 Å². The molecule has 2 rings (SSSR count). The smallest absolute Gasteiger partial charge is 0.242 e. The lowest BCUT2D eigenvalue weighted by Crippen LogP contribution is -2.72. The van der Waals surface area contributed by atoms with E-state index in [1.165, 1.54) is 0 Å². The van der Waals surface area contributed by atoms with Gasteiger partial charge in [0.2, 0.25) is 11.8 Å². The summed E-state index contributed by atoms with van der Waals surface area (Å²) in [7, 11) is 1.56. The second-order valence-corrected chi connectivity index (χ2v) is 7.19. The van der Waals surface area contributed by atoms with Gasteiger partial charge in [-0.05, 0) is 25.7 Å². The van der Waals surface area contributed by atoms with E-state index < -0.39 is 12.1 Å². The number of aliphatic hydroxyl groups excluding tert-OH is 1. The Kier molecular flexibility index (Phi) is 5.65. The Morgan fingerprint density at radius 1 is 1.48 bits per heavy atom. The Morgan fingerprint density at radius 3 is 2.61 bits per heavy atom. The molecule has 2 aliphatic rings. The van der Waals surface area contributed by atoms with Crippen LogP contribution >= 0.6 is 0 Å². The van der Waals surface area contributed by atoms with Crippen LogP contribution in [0.2, 0.25) is 0 Å². The third-order valence-corrected chi connectivity index (χ3v) is 4.99. The maximum Gasteiger partial charge on any atom is 0.242 e. The number of likely N-dealkylation sites (tertiary alicyclic amines) is 1. The molecule has 4 atom stereocenters. The lowest BCUT2D eigenvalue weighted by atomic mass is 9.88. The van der Waals surface area contributed by atoms with Crippen LogP contribution in [0.3, 0.4) is 0 Å². The Morgan fingerprint density at radius 2 is 2.17 bits per heavy atom. The molecule has 7 heteroatoms. The highest BCUT2D eigenvalue weighted by Gasteiger charge is 2.56. The first kappa shape index (κ1) is 18.2. The zero-order valence-corrected chi connectivity index (χ0v) is 14.6. The molecule has 2 amide bonds. The van der Waals surface area contributed by atoms with E-state index in [0.717, 1.165) is 19.4 Å². The predicted octanol–water partition coefficient (Wildman–Crippen LogP) is -0.940. The van der Waals surface area contributed by atoms with Crippen LogP contribution in [-0.4, -0.2) is 72.2 Å². The number of carbonyl (C=O) groups is 2. The lowest BCUT2D eigenvalue weighted by Gasteiger charge is -2.47. The number of rotatable bonds is 7. The zero-order chi connectivity index (χ0) is 17.2. The van der Waals surface area contributed by atoms with Gasteiger partial charge < -0.3 is 21.1 Å². The third kappa shape index (κ3) is 3.51. The average Bonchev–Trinajstić information content (AvgIpc) is 2.85. The SMILES string of the molecule is CNC(=O)[C@@H](NCC1CCC2(CNC2=O)N1CC(C)C)[C@@H](C)O. The molecule has 2 unspecified atom stereocenters. The minimum atomic E-state index is -0.768. The lowest BCUT2D eigenvalue weighted by molar-refractivity contribution is -0.142. The summed E-state index contributed by atoms with van der Waals surface area (Å²) in [5.41, 5.74) is -0.357. The summed E-state index contributed by atoms with van der Waals surface area (Å²) in [6, 6.07) is -0.429. The molecule has 2 aliphatic heterocycles. The number of carbonyl (C=O) groups excluding carboxylic acids is 2. The van der Waals surface area contributed by atoms with Crippen molar-refractivity contribution in [1.29, 1.82) is 0 Å². The van der Waals surface area contributed by atoms with Crippen LogP contribution in [-0.2, 0) is 9.59 Å². The number of hydrogen-bond donors (Lipinski definition) is 4. The maximum atomic E-state index is 12.1. The van der Waals surface area contributed by atoms with Gasteiger partial charge in [0.05, 0.1) is 6.10 Å². The van der Waals surface area contributed by atoms with Crippen molar-refractivity contribution in [3.63, 3.8) is 0 Å². The van der Waals surface area contributed by atoms with Gasteiger partial charge in [-0.25, -0.2) is 0 Å². The van der Waals surface area contributed by atoms with Crippen LogP contribution in [0.15, 0.2) is 0 Å². The zero-order valence-electron chi connectivity index (χ0n) is 14.6. The summed E-state index contributed by atoms with van der Waals surface area (Å²) in [4.78, 5) is 26.3. The number of β-lactam (4-membered cyclic amide) rings is 1. The molecule has 132 valence electrons. The highest BCUT2D eigenvalue weighted by atomic mass is 16.3. The van der Waals surface area contributed by atoms with E-state index in [0.29, 0.717) is 19.0 Å². The number of likely N-dealkylation sites (N-methyl/N-ethyl adjacent to an activating group) is 1. The van der Waals surface area contributed by atoms with E-state index in [4.69, 9.17) is 0 Å². The molecule has 0 saturated carbocycles. The standard InChI is InChI=1S/C16H30N4O3/c1-10(2)8-20-12(5-6-16(20)9-19-15(16)23)7-18-13(11(3)21)14(22)17-4/h10-13,18,21H,5-9H2,1-4H3,(H,17,22)(H,19,23)/t11-,12?,13+,16?/m1/s1. The minimum absolute atomic E-state index is 0.124. The molecule has 0 aromatic rings. The Balaban J connectivity index is 2.03. The highest BCUT2D eigenvalue weighted by molar-refractivity contribution is 5.93. The summed E-state index contributed by atoms with van der Waals surface area (Å²) in [6.07, 6.45) is 1.01. The van der Waals surface area contributed by atoms with Crippen molar-refractivity contribution in [3.8, 4) is 0 Å². The number of nitrogens with zero attached hydrogens (tertiary/aromatic N) is 1. The fraction of sp³-hybridized carbons (Fsp3) is 0.875. The molecule has 23 heavy (non-hydrogen) atoms. The first-order valence-corrected chi connectivity index (χ1v) is 8.50. The normalized spacial score (nSPS) is 30.2. The molecular weight excluding hydrogens is 296 g/mol. The van der Waals surface area contributed by atoms with Gasteiger partial charge in [-0.1, -0.05) is 13.8 Å². The second kappa shape index (κ2) is 7.15. The average molecular weight is 326 g/mol. The fourth-order valence-corrected chi connectivity index (χ4v) is 3.68. The summed E-state index contributed by atoms with van der Waals surface area (Å²) in [6.45, 7) is 8.06. The van der Waals surface area contributed by atoms with E-state index >= 15 is 0 Å². The Bertz CT molecular complexity index is 455. The monoisotopic (exact) mass is 326 g/mol. The summed E-state index contributed by atoms with van der Waals surface area (Å²) < 4.78 is 0. The van der Waals surface area contributed by atoms with Crippen molar-refractivity contribution >= 4 is 11.8 Å². The van der Waals surface area contributed by atoms with Gasteiger partial charge in [0, 0.05) is 32.7 Å². The van der Waals surface area contributed by atoms with Gasteiger partial charge in [0.1, 0.15) is 11.6 Å². The summed E-state index contributed by atoms with van der Waals surface area (Å²) in [5.74, 6) is 0.371. The van der Waals surface area contributed by atoms with Crippen molar-refractivity contribution < 1.29 is 14.7 Å². The van der Waals surface area contributed by atoms with Gasteiger partial charge in [0.25, 0.3) is 0 Å². The fourth-order valence-electron chi connectivity index (χ4n) is 3.68. The first-order chi connectivity index (χ1) is 10.8. The molecule has 2 fully saturated rings. The van der Waals surface area contributed by atoms with Crippen LogP contribution in [0.25, 0.3) is 0 Å². The van der Waals surface area contributed by atoms with Crippen LogP contribution in [0.5, 0.6) is 0 Å². The maximum absolute atomic E-state index is 12.1. The van der Waals surface area contributed by atoms with Crippen molar-refractivity contribution in [2.75, 3.05) is 26.7 Å². The van der Waals surface area contributed by atoms with E-state index in [1.807, 2.05) is 0 Å². The number of amides is 2. The highest BCUT2D eigenvalue weighted by Crippen LogP contribution is 2.38. The molecule has 1 spiro atoms. The molecule has 2 heterocycles. The van der Waals surface area contributed by atoms with Gasteiger partial charge in [-0.3, -0.25) is 14.5 Å². The van der Waals surface area contributed by atoms with Crippen LogP contribution in [0.4, 0.5) is 0 Å². The molecule has 0 aliphatic carbocycles. The van der Waals surface area contributed by atoms with Crippen LogP contribution in [0.1, 0.15) is 33.6 Å². The van der Waals surface area contributed by atoms with Gasteiger partial charge in [0.15, 0.2) is 0 Å². The van der Waals surface area contributed by atoms with E-state index in [2.05, 4.69) is 34.7 Å². The topological polar surface area (TPSA) is 93.7 Å². The van der Waals surface area contributed by atoms with Crippen LogP contribution < -0.4 is 16.0 Å². The largest absolute Gasteiger partial charge is 0.391 e. The summed E-state index contributed by atoms with van der Waals surface area (Å²) >= 11 is 0. The summed E-state index contributed by atoms with van der Waals surface area (Å²) in [5, 5.41) is 18.4. The quantitative estimate of drug-likeness (QED) is 0.453.